The van der Waals surface area contributed by atoms with Gasteiger partial charge >= 0.3 is 5.97 Å². The zero-order valence-corrected chi connectivity index (χ0v) is 22.7. The van der Waals surface area contributed by atoms with Gasteiger partial charge in [-0.05, 0) is 99.0 Å². The molecule has 0 bridgehead atoms. The molecular weight excluding hydrogens is 488 g/mol. The molecule has 0 saturated heterocycles. The lowest BCUT2D eigenvalue weighted by Gasteiger charge is -2.18. The topological polar surface area (TPSA) is 26.3 Å². The largest absolute Gasteiger partial charge is 0.423 e. The Labute approximate surface area is 233 Å². The summed E-state index contributed by atoms with van der Waals surface area (Å²) in [5.41, 5.74) is 3.57. The fraction of sp³-hybridized carbons (Fsp3) is 0.132. The summed E-state index contributed by atoms with van der Waals surface area (Å²) in [4.78, 5) is 11.8. The number of esters is 1. The van der Waals surface area contributed by atoms with Crippen molar-refractivity contribution in [2.75, 3.05) is 0 Å². The van der Waals surface area contributed by atoms with E-state index < -0.39 is 5.97 Å². The van der Waals surface area contributed by atoms with Crippen LogP contribution in [-0.2, 0) is 17.6 Å². The Morgan fingerprint density at radius 3 is 2.05 bits per heavy atom. The number of rotatable bonds is 2. The van der Waals surface area contributed by atoms with Crippen LogP contribution in [0.4, 0.5) is 0 Å². The number of carbonyl (C=O) groups excluding carboxylic acids is 1. The minimum absolute atomic E-state index is 0.393. The van der Waals surface area contributed by atoms with E-state index in [9.17, 15) is 4.79 Å². The number of fused-ring (bicyclic) bond motifs is 5. The maximum atomic E-state index is 11.8. The first-order valence-corrected chi connectivity index (χ1v) is 14.0. The Bertz CT molecular complexity index is 2070. The van der Waals surface area contributed by atoms with Crippen molar-refractivity contribution in [2.24, 2.45) is 0 Å². The zero-order chi connectivity index (χ0) is 27.2. The van der Waals surface area contributed by atoms with Gasteiger partial charge in [-0.3, -0.25) is 0 Å². The lowest BCUT2D eigenvalue weighted by Crippen LogP contribution is -2.08. The summed E-state index contributed by atoms with van der Waals surface area (Å²) in [6, 6.07) is 36.4. The van der Waals surface area contributed by atoms with E-state index in [1.165, 1.54) is 63.4 Å². The van der Waals surface area contributed by atoms with Gasteiger partial charge in [0.2, 0.25) is 0 Å². The van der Waals surface area contributed by atoms with Crippen LogP contribution in [0.1, 0.15) is 30.9 Å². The predicted octanol–water partition coefficient (Wildman–Crippen LogP) is 9.94. The van der Waals surface area contributed by atoms with Crippen LogP contribution < -0.4 is 4.74 Å². The van der Waals surface area contributed by atoms with Crippen LogP contribution >= 0.6 is 0 Å². The molecule has 0 atom stereocenters. The Kier molecular flexibility index (Phi) is 5.97. The molecule has 1 aliphatic rings. The van der Waals surface area contributed by atoms with Crippen molar-refractivity contribution >= 4 is 59.8 Å². The SMILES string of the molecule is C=C(C)C(=O)Oc1ccc2ccc3cccc4ccc1c2c34.c1ccc2c(c1)ccc1c3c(ccc12)CCCC3. The number of ether oxygens (including phenoxy) is 1. The lowest BCUT2D eigenvalue weighted by atomic mass is 9.86. The Morgan fingerprint density at radius 2 is 1.23 bits per heavy atom. The lowest BCUT2D eigenvalue weighted by molar-refractivity contribution is -0.129. The van der Waals surface area contributed by atoms with Gasteiger partial charge in [-0.25, -0.2) is 4.79 Å². The Hall–Kier alpha value is -4.69. The van der Waals surface area contributed by atoms with E-state index in [2.05, 4.69) is 91.5 Å². The van der Waals surface area contributed by atoms with Gasteiger partial charge in [0.05, 0.1) is 0 Å². The molecule has 2 nitrogen and oxygen atoms in total. The summed E-state index contributed by atoms with van der Waals surface area (Å²) in [5, 5.41) is 12.5. The van der Waals surface area contributed by atoms with Crippen molar-refractivity contribution < 1.29 is 9.53 Å². The number of hydrogen-bond donors (Lipinski definition) is 0. The highest BCUT2D eigenvalue weighted by molar-refractivity contribution is 6.24. The third kappa shape index (κ3) is 4.08. The van der Waals surface area contributed by atoms with Crippen LogP contribution in [0.5, 0.6) is 5.75 Å². The smallest absolute Gasteiger partial charge is 0.338 e. The molecule has 194 valence electrons. The molecule has 0 aliphatic heterocycles. The van der Waals surface area contributed by atoms with Crippen LogP contribution in [0.25, 0.3) is 53.9 Å². The fourth-order valence-corrected chi connectivity index (χ4v) is 6.33. The van der Waals surface area contributed by atoms with E-state index in [-0.39, 0.29) is 0 Å². The molecule has 7 aromatic carbocycles. The first kappa shape index (κ1) is 24.4. The first-order chi connectivity index (χ1) is 19.6. The van der Waals surface area contributed by atoms with Gasteiger partial charge in [0, 0.05) is 16.3 Å². The van der Waals surface area contributed by atoms with E-state index in [1.54, 1.807) is 18.1 Å². The summed E-state index contributed by atoms with van der Waals surface area (Å²) >= 11 is 0. The number of carbonyl (C=O) groups is 1. The molecule has 0 fully saturated rings. The monoisotopic (exact) mass is 518 g/mol. The summed E-state index contributed by atoms with van der Waals surface area (Å²) in [6.45, 7) is 5.29. The molecule has 0 unspecified atom stereocenters. The van der Waals surface area contributed by atoms with Crippen molar-refractivity contribution in [3.63, 3.8) is 0 Å². The molecule has 0 radical (unpaired) electrons. The van der Waals surface area contributed by atoms with Crippen molar-refractivity contribution in [3.8, 4) is 5.75 Å². The van der Waals surface area contributed by atoms with Crippen molar-refractivity contribution in [2.45, 2.75) is 32.6 Å². The number of hydrogen-bond acceptors (Lipinski definition) is 2. The third-order valence-corrected chi connectivity index (χ3v) is 8.30. The van der Waals surface area contributed by atoms with Crippen molar-refractivity contribution in [1.82, 2.24) is 0 Å². The van der Waals surface area contributed by atoms with Crippen molar-refractivity contribution in [3.05, 3.63) is 126 Å². The molecule has 0 saturated carbocycles. The van der Waals surface area contributed by atoms with Gasteiger partial charge in [-0.2, -0.15) is 0 Å². The zero-order valence-electron chi connectivity index (χ0n) is 22.7. The molecular formula is C38H30O2. The molecule has 0 N–H and O–H groups in total. The predicted molar refractivity (Wildman–Crippen MR) is 169 cm³/mol. The minimum atomic E-state index is -0.393. The van der Waals surface area contributed by atoms with E-state index in [1.807, 2.05) is 18.2 Å². The standard InChI is InChI=1S/C20H14O2.C18H16/c1-12(2)20(21)22-17-11-9-15-7-6-13-4-3-5-14-8-10-16(17)19(15)18(13)14;1-3-7-15-13(5-1)9-11-18-16-8-4-2-6-14(16)10-12-17(15)18/h3-11H,1H2,2H3;1,3,5,7,9-12H,2,4,6,8H2. The van der Waals surface area contributed by atoms with Crippen LogP contribution in [0.3, 0.4) is 0 Å². The van der Waals surface area contributed by atoms with Crippen LogP contribution in [-0.4, -0.2) is 5.97 Å². The highest BCUT2D eigenvalue weighted by Crippen LogP contribution is 2.38. The van der Waals surface area contributed by atoms with Crippen molar-refractivity contribution in [1.29, 1.82) is 0 Å². The van der Waals surface area contributed by atoms with E-state index in [4.69, 9.17) is 4.74 Å². The molecule has 0 heterocycles. The average Bonchev–Trinajstić information content (AvgIpc) is 3.00. The second kappa shape index (κ2) is 9.81. The van der Waals surface area contributed by atoms with Gasteiger partial charge in [0.1, 0.15) is 5.75 Å². The molecule has 1 aliphatic carbocycles. The molecule has 0 spiro atoms. The van der Waals surface area contributed by atoms with E-state index in [0.717, 1.165) is 16.2 Å². The van der Waals surface area contributed by atoms with Gasteiger partial charge in [-0.1, -0.05) is 97.6 Å². The van der Waals surface area contributed by atoms with Crippen LogP contribution in [0.2, 0.25) is 0 Å². The van der Waals surface area contributed by atoms with E-state index >= 15 is 0 Å². The number of aryl methyl sites for hydroxylation is 2. The molecule has 2 heteroatoms. The maximum Gasteiger partial charge on any atom is 0.338 e. The van der Waals surface area contributed by atoms with Gasteiger partial charge in [0.15, 0.2) is 0 Å². The summed E-state index contributed by atoms with van der Waals surface area (Å²) < 4.78 is 5.49. The van der Waals surface area contributed by atoms with E-state index in [0.29, 0.717) is 11.3 Å². The maximum absolute atomic E-state index is 11.8. The molecule has 40 heavy (non-hydrogen) atoms. The second-order valence-corrected chi connectivity index (χ2v) is 10.9. The Morgan fingerprint density at radius 1 is 0.600 bits per heavy atom. The van der Waals surface area contributed by atoms with Gasteiger partial charge in [0.25, 0.3) is 0 Å². The Balaban J connectivity index is 0.000000135. The quantitative estimate of drug-likeness (QED) is 0.0985. The highest BCUT2D eigenvalue weighted by Gasteiger charge is 2.15. The summed E-state index contributed by atoms with van der Waals surface area (Å²) in [6.07, 6.45) is 5.22. The average molecular weight is 519 g/mol. The normalized spacial score (nSPS) is 12.9. The van der Waals surface area contributed by atoms with Crippen LogP contribution in [0.15, 0.2) is 115 Å². The van der Waals surface area contributed by atoms with Gasteiger partial charge < -0.3 is 4.74 Å². The second-order valence-electron chi connectivity index (χ2n) is 10.9. The highest BCUT2D eigenvalue weighted by atomic mass is 16.5. The first-order valence-electron chi connectivity index (χ1n) is 14.0. The number of benzene rings is 7. The third-order valence-electron chi connectivity index (χ3n) is 8.30. The molecule has 8 rings (SSSR count). The fourth-order valence-electron chi connectivity index (χ4n) is 6.33. The minimum Gasteiger partial charge on any atom is -0.423 e. The summed E-state index contributed by atoms with van der Waals surface area (Å²) in [7, 11) is 0. The molecule has 0 amide bonds. The van der Waals surface area contributed by atoms with Crippen LogP contribution in [0, 0.1) is 0 Å². The molecule has 7 aromatic rings. The molecule has 0 aromatic heterocycles. The van der Waals surface area contributed by atoms with Gasteiger partial charge in [-0.15, -0.1) is 0 Å². The summed E-state index contributed by atoms with van der Waals surface area (Å²) in [5.74, 6) is 0.189.